The van der Waals surface area contributed by atoms with E-state index in [4.69, 9.17) is 11.6 Å². The summed E-state index contributed by atoms with van der Waals surface area (Å²) < 4.78 is 0. The van der Waals surface area contributed by atoms with Crippen LogP contribution in [0.25, 0.3) is 0 Å². The van der Waals surface area contributed by atoms with Crippen LogP contribution in [0.2, 0.25) is 5.02 Å². The molecule has 0 aliphatic carbocycles. The summed E-state index contributed by atoms with van der Waals surface area (Å²) in [5.74, 6) is -0.0662. The van der Waals surface area contributed by atoms with Crippen LogP contribution in [-0.2, 0) is 4.79 Å². The van der Waals surface area contributed by atoms with Gasteiger partial charge >= 0.3 is 0 Å². The van der Waals surface area contributed by atoms with E-state index in [0.717, 1.165) is 11.3 Å². The summed E-state index contributed by atoms with van der Waals surface area (Å²) in [7, 11) is 3.78. The number of hydrogen-bond donors (Lipinski definition) is 1. The second-order valence-electron chi connectivity index (χ2n) is 4.77. The molecule has 0 saturated carbocycles. The quantitative estimate of drug-likeness (QED) is 0.932. The van der Waals surface area contributed by atoms with Crippen molar-refractivity contribution in [1.29, 1.82) is 0 Å². The molecule has 2 aromatic carbocycles. The molecule has 0 fully saturated rings. The lowest BCUT2D eigenvalue weighted by Gasteiger charge is -2.23. The molecular weight excluding hydrogens is 272 g/mol. The number of nitrogens with zero attached hydrogens (tertiary/aromatic N) is 1. The molecule has 0 saturated heterocycles. The van der Waals surface area contributed by atoms with Crippen LogP contribution in [0.5, 0.6) is 0 Å². The number of anilines is 1. The number of carbonyl (C=O) groups excluding carboxylic acids is 1. The Morgan fingerprint density at radius 2 is 1.65 bits per heavy atom. The molecule has 0 radical (unpaired) electrons. The molecule has 1 atom stereocenters. The molecule has 0 heterocycles. The first kappa shape index (κ1) is 14.6. The maximum atomic E-state index is 12.5. The molecule has 1 unspecified atom stereocenters. The second-order valence-corrected chi connectivity index (χ2v) is 5.21. The number of amides is 1. The first-order valence-corrected chi connectivity index (χ1v) is 6.73. The Hall–Kier alpha value is -1.84. The lowest BCUT2D eigenvalue weighted by molar-refractivity contribution is -0.120. The normalized spacial score (nSPS) is 12.2. The van der Waals surface area contributed by atoms with Crippen LogP contribution in [0.4, 0.5) is 5.69 Å². The number of nitrogens with one attached hydrogen (secondary N) is 1. The minimum Gasteiger partial charge on any atom is -0.324 e. The number of hydrogen-bond acceptors (Lipinski definition) is 2. The van der Waals surface area contributed by atoms with E-state index in [2.05, 4.69) is 5.32 Å². The van der Waals surface area contributed by atoms with E-state index < -0.39 is 0 Å². The average Bonchev–Trinajstić information content (AvgIpc) is 2.42. The van der Waals surface area contributed by atoms with Crippen molar-refractivity contribution in [3.05, 3.63) is 65.2 Å². The van der Waals surface area contributed by atoms with Gasteiger partial charge < -0.3 is 5.32 Å². The van der Waals surface area contributed by atoms with Crippen LogP contribution in [0.1, 0.15) is 11.6 Å². The zero-order valence-corrected chi connectivity index (χ0v) is 12.3. The third-order valence-corrected chi connectivity index (χ3v) is 3.24. The molecule has 0 aliphatic heterocycles. The standard InChI is InChI=1S/C16H17ClN2O/c1-19(2)15(12-6-4-3-5-7-12)16(20)18-14-10-8-13(17)9-11-14/h3-11,15H,1-2H3,(H,18,20). The highest BCUT2D eigenvalue weighted by molar-refractivity contribution is 6.30. The fraction of sp³-hybridized carbons (Fsp3) is 0.188. The van der Waals surface area contributed by atoms with Crippen molar-refractivity contribution >= 4 is 23.2 Å². The molecule has 104 valence electrons. The summed E-state index contributed by atoms with van der Waals surface area (Å²) in [5.41, 5.74) is 1.70. The highest BCUT2D eigenvalue weighted by Crippen LogP contribution is 2.21. The number of halogens is 1. The van der Waals surface area contributed by atoms with Crippen molar-refractivity contribution in [3.63, 3.8) is 0 Å². The van der Waals surface area contributed by atoms with Gasteiger partial charge in [-0.05, 0) is 43.9 Å². The van der Waals surface area contributed by atoms with E-state index in [1.54, 1.807) is 24.3 Å². The van der Waals surface area contributed by atoms with Crippen LogP contribution in [-0.4, -0.2) is 24.9 Å². The fourth-order valence-electron chi connectivity index (χ4n) is 2.06. The molecule has 0 spiro atoms. The fourth-order valence-corrected chi connectivity index (χ4v) is 2.19. The van der Waals surface area contributed by atoms with Crippen LogP contribution >= 0.6 is 11.6 Å². The molecule has 2 aromatic rings. The van der Waals surface area contributed by atoms with Crippen molar-refractivity contribution in [2.75, 3.05) is 19.4 Å². The summed E-state index contributed by atoms with van der Waals surface area (Å²) in [5, 5.41) is 3.56. The summed E-state index contributed by atoms with van der Waals surface area (Å²) in [6.45, 7) is 0. The lowest BCUT2D eigenvalue weighted by atomic mass is 10.1. The zero-order valence-electron chi connectivity index (χ0n) is 11.5. The smallest absolute Gasteiger partial charge is 0.246 e. The van der Waals surface area contributed by atoms with Crippen molar-refractivity contribution in [1.82, 2.24) is 4.90 Å². The molecule has 0 bridgehead atoms. The summed E-state index contributed by atoms with van der Waals surface area (Å²) in [6, 6.07) is 16.5. The molecule has 0 aromatic heterocycles. The van der Waals surface area contributed by atoms with Crippen molar-refractivity contribution in [2.24, 2.45) is 0 Å². The Morgan fingerprint density at radius 3 is 2.20 bits per heavy atom. The van der Waals surface area contributed by atoms with Crippen LogP contribution in [0.15, 0.2) is 54.6 Å². The van der Waals surface area contributed by atoms with E-state index in [-0.39, 0.29) is 11.9 Å². The Balaban J connectivity index is 2.18. The summed E-state index contributed by atoms with van der Waals surface area (Å²) in [4.78, 5) is 14.3. The van der Waals surface area contributed by atoms with Gasteiger partial charge in [-0.25, -0.2) is 0 Å². The molecule has 2 rings (SSSR count). The average molecular weight is 289 g/mol. The minimum atomic E-state index is -0.327. The van der Waals surface area contributed by atoms with Crippen LogP contribution < -0.4 is 5.32 Å². The van der Waals surface area contributed by atoms with Gasteiger partial charge in [0.05, 0.1) is 0 Å². The molecule has 20 heavy (non-hydrogen) atoms. The third kappa shape index (κ3) is 3.59. The van der Waals surface area contributed by atoms with Crippen molar-refractivity contribution in [2.45, 2.75) is 6.04 Å². The van der Waals surface area contributed by atoms with Crippen LogP contribution in [0, 0.1) is 0 Å². The minimum absolute atomic E-state index is 0.0662. The van der Waals surface area contributed by atoms with Crippen LogP contribution in [0.3, 0.4) is 0 Å². The van der Waals surface area contributed by atoms with Gasteiger partial charge in [0.2, 0.25) is 5.91 Å². The van der Waals surface area contributed by atoms with E-state index in [1.165, 1.54) is 0 Å². The first-order valence-electron chi connectivity index (χ1n) is 6.36. The van der Waals surface area contributed by atoms with Gasteiger partial charge in [-0.2, -0.15) is 0 Å². The van der Waals surface area contributed by atoms with E-state index in [0.29, 0.717) is 5.02 Å². The van der Waals surface area contributed by atoms with E-state index in [9.17, 15) is 4.79 Å². The molecule has 4 heteroatoms. The first-order chi connectivity index (χ1) is 9.58. The summed E-state index contributed by atoms with van der Waals surface area (Å²) >= 11 is 5.84. The highest BCUT2D eigenvalue weighted by atomic mass is 35.5. The highest BCUT2D eigenvalue weighted by Gasteiger charge is 2.22. The van der Waals surface area contributed by atoms with Gasteiger partial charge in [0.25, 0.3) is 0 Å². The molecule has 3 nitrogen and oxygen atoms in total. The van der Waals surface area contributed by atoms with Crippen molar-refractivity contribution < 1.29 is 4.79 Å². The van der Waals surface area contributed by atoms with Gasteiger partial charge in [-0.15, -0.1) is 0 Å². The maximum Gasteiger partial charge on any atom is 0.246 e. The zero-order chi connectivity index (χ0) is 14.5. The lowest BCUT2D eigenvalue weighted by Crippen LogP contribution is -2.32. The van der Waals surface area contributed by atoms with Gasteiger partial charge in [0.15, 0.2) is 0 Å². The second kappa shape index (κ2) is 6.55. The summed E-state index contributed by atoms with van der Waals surface area (Å²) in [6.07, 6.45) is 0. The number of carbonyl (C=O) groups is 1. The van der Waals surface area contributed by atoms with E-state index in [1.807, 2.05) is 49.3 Å². The van der Waals surface area contributed by atoms with Crippen molar-refractivity contribution in [3.8, 4) is 0 Å². The predicted molar refractivity (Wildman–Crippen MR) is 83.0 cm³/mol. The van der Waals surface area contributed by atoms with Gasteiger partial charge in [-0.3, -0.25) is 9.69 Å². The largest absolute Gasteiger partial charge is 0.324 e. The molecule has 0 aliphatic rings. The number of benzene rings is 2. The van der Waals surface area contributed by atoms with Gasteiger partial charge in [-0.1, -0.05) is 41.9 Å². The Bertz CT molecular complexity index is 567. The molecule has 1 N–H and O–H groups in total. The maximum absolute atomic E-state index is 12.5. The Morgan fingerprint density at radius 1 is 1.05 bits per heavy atom. The SMILES string of the molecule is CN(C)C(C(=O)Nc1ccc(Cl)cc1)c1ccccc1. The van der Waals surface area contributed by atoms with Gasteiger partial charge in [0, 0.05) is 10.7 Å². The number of rotatable bonds is 4. The monoisotopic (exact) mass is 288 g/mol. The Kier molecular flexibility index (Phi) is 4.77. The molecular formula is C16H17ClN2O. The number of likely N-dealkylation sites (N-methyl/N-ethyl adjacent to an activating group) is 1. The van der Waals surface area contributed by atoms with E-state index >= 15 is 0 Å². The van der Waals surface area contributed by atoms with Gasteiger partial charge in [0.1, 0.15) is 6.04 Å². The topological polar surface area (TPSA) is 32.3 Å². The Labute approximate surface area is 124 Å². The molecule has 1 amide bonds. The predicted octanol–water partition coefficient (Wildman–Crippen LogP) is 3.58. The third-order valence-electron chi connectivity index (χ3n) is 2.99.